The second-order valence-corrected chi connectivity index (χ2v) is 5.76. The molecule has 0 spiro atoms. The summed E-state index contributed by atoms with van der Waals surface area (Å²) < 4.78 is 5.23. The van der Waals surface area contributed by atoms with E-state index in [9.17, 15) is 0 Å². The molecule has 0 aliphatic carbocycles. The van der Waals surface area contributed by atoms with Crippen molar-refractivity contribution in [3.05, 3.63) is 11.7 Å². The minimum absolute atomic E-state index is 0.129. The van der Waals surface area contributed by atoms with Crippen molar-refractivity contribution in [3.63, 3.8) is 0 Å². The van der Waals surface area contributed by atoms with Crippen LogP contribution < -0.4 is 10.6 Å². The molecule has 0 atom stereocenters. The predicted octanol–water partition coefficient (Wildman–Crippen LogP) is 1.83. The summed E-state index contributed by atoms with van der Waals surface area (Å²) in [5, 5.41) is 10.4. The van der Waals surface area contributed by atoms with Crippen LogP contribution in [0.1, 0.15) is 53.3 Å². The van der Waals surface area contributed by atoms with E-state index in [0.29, 0.717) is 24.3 Å². The van der Waals surface area contributed by atoms with Crippen molar-refractivity contribution in [2.75, 3.05) is 6.54 Å². The maximum Gasteiger partial charge on any atom is 0.232 e. The Morgan fingerprint density at radius 3 is 2.53 bits per heavy atom. The highest BCUT2D eigenvalue weighted by Crippen LogP contribution is 2.19. The van der Waals surface area contributed by atoms with Gasteiger partial charge in [-0.05, 0) is 20.8 Å². The third-order valence-electron chi connectivity index (χ3n) is 2.26. The van der Waals surface area contributed by atoms with Crippen LogP contribution in [0.15, 0.2) is 9.52 Å². The lowest BCUT2D eigenvalue weighted by Crippen LogP contribution is -2.41. The van der Waals surface area contributed by atoms with Crippen LogP contribution in [0.3, 0.4) is 0 Å². The Hall–Kier alpha value is -1.59. The Bertz CT molecular complexity index is 417. The summed E-state index contributed by atoms with van der Waals surface area (Å²) in [7, 11) is 0. The van der Waals surface area contributed by atoms with Crippen molar-refractivity contribution < 1.29 is 4.52 Å². The number of guanidine groups is 1. The molecule has 2 N–H and O–H groups in total. The fourth-order valence-electron chi connectivity index (χ4n) is 1.37. The van der Waals surface area contributed by atoms with E-state index in [1.54, 1.807) is 0 Å². The van der Waals surface area contributed by atoms with Gasteiger partial charge in [-0.2, -0.15) is 4.98 Å². The molecule has 0 unspecified atom stereocenters. The first-order chi connectivity index (χ1) is 8.82. The zero-order chi connectivity index (χ0) is 14.5. The number of nitrogens with one attached hydrogen (secondary N) is 2. The zero-order valence-corrected chi connectivity index (χ0v) is 12.7. The summed E-state index contributed by atoms with van der Waals surface area (Å²) in [6, 6.07) is 0.327. The van der Waals surface area contributed by atoms with Crippen LogP contribution in [0.5, 0.6) is 0 Å². The molecule has 0 aliphatic heterocycles. The van der Waals surface area contributed by atoms with E-state index in [4.69, 9.17) is 4.52 Å². The first-order valence-corrected chi connectivity index (χ1v) is 6.70. The summed E-state index contributed by atoms with van der Waals surface area (Å²) in [5.74, 6) is 2.00. The van der Waals surface area contributed by atoms with Gasteiger partial charge in [0.15, 0.2) is 11.8 Å². The number of hydrogen-bond acceptors (Lipinski definition) is 4. The van der Waals surface area contributed by atoms with E-state index in [1.165, 1.54) is 0 Å². The number of nitrogens with zero attached hydrogens (tertiary/aromatic N) is 3. The van der Waals surface area contributed by atoms with Crippen molar-refractivity contribution in [1.29, 1.82) is 0 Å². The standard InChI is InChI=1S/C13H25N5O/c1-7-14-12(16-9(2)3)15-8-10-17-11(19-18-10)13(4,5)6/h9H,7-8H2,1-6H3,(H2,14,15,16). The average Bonchev–Trinajstić information content (AvgIpc) is 2.73. The Labute approximate surface area is 115 Å². The first-order valence-electron chi connectivity index (χ1n) is 6.70. The lowest BCUT2D eigenvalue weighted by atomic mass is 9.97. The molecular formula is C13H25N5O. The molecule has 0 bridgehead atoms. The van der Waals surface area contributed by atoms with Crippen molar-refractivity contribution in [3.8, 4) is 0 Å². The van der Waals surface area contributed by atoms with Crippen LogP contribution in [0.2, 0.25) is 0 Å². The zero-order valence-electron chi connectivity index (χ0n) is 12.7. The fraction of sp³-hybridized carbons (Fsp3) is 0.769. The van der Waals surface area contributed by atoms with Gasteiger partial charge in [-0.15, -0.1) is 0 Å². The highest BCUT2D eigenvalue weighted by Gasteiger charge is 2.21. The van der Waals surface area contributed by atoms with Gasteiger partial charge in [-0.25, -0.2) is 4.99 Å². The fourth-order valence-corrected chi connectivity index (χ4v) is 1.37. The quantitative estimate of drug-likeness (QED) is 0.643. The van der Waals surface area contributed by atoms with Gasteiger partial charge in [0, 0.05) is 18.0 Å². The first kappa shape index (κ1) is 15.5. The molecule has 6 heteroatoms. The van der Waals surface area contributed by atoms with Gasteiger partial charge in [-0.1, -0.05) is 25.9 Å². The molecule has 1 rings (SSSR count). The maximum absolute atomic E-state index is 5.23. The second-order valence-electron chi connectivity index (χ2n) is 5.76. The molecule has 1 aromatic rings. The molecule has 1 heterocycles. The van der Waals surface area contributed by atoms with Crippen LogP contribution >= 0.6 is 0 Å². The highest BCUT2D eigenvalue weighted by atomic mass is 16.5. The van der Waals surface area contributed by atoms with Gasteiger partial charge < -0.3 is 15.2 Å². The lowest BCUT2D eigenvalue weighted by molar-refractivity contribution is 0.318. The number of rotatable bonds is 4. The molecule has 0 fully saturated rings. The summed E-state index contributed by atoms with van der Waals surface area (Å²) in [6.07, 6.45) is 0. The number of aromatic nitrogens is 2. The van der Waals surface area contributed by atoms with Gasteiger partial charge in [0.25, 0.3) is 0 Å². The average molecular weight is 267 g/mol. The van der Waals surface area contributed by atoms with E-state index < -0.39 is 0 Å². The minimum atomic E-state index is -0.129. The second kappa shape index (κ2) is 6.54. The minimum Gasteiger partial charge on any atom is -0.357 e. The summed E-state index contributed by atoms with van der Waals surface area (Å²) in [5.41, 5.74) is -0.129. The molecule has 0 radical (unpaired) electrons. The molecule has 0 saturated carbocycles. The Kier molecular flexibility index (Phi) is 5.32. The smallest absolute Gasteiger partial charge is 0.232 e. The van der Waals surface area contributed by atoms with E-state index in [0.717, 1.165) is 12.5 Å². The van der Waals surface area contributed by atoms with Crippen LogP contribution in [0.25, 0.3) is 0 Å². The van der Waals surface area contributed by atoms with Crippen LogP contribution in [-0.2, 0) is 12.0 Å². The maximum atomic E-state index is 5.23. The van der Waals surface area contributed by atoms with Crippen molar-refractivity contribution in [2.24, 2.45) is 4.99 Å². The van der Waals surface area contributed by atoms with E-state index in [-0.39, 0.29) is 5.41 Å². The molecule has 0 aromatic carbocycles. The SMILES string of the molecule is CCNC(=NCc1noc(C(C)(C)C)n1)NC(C)C. The summed E-state index contributed by atoms with van der Waals surface area (Å²) in [6.45, 7) is 13.5. The van der Waals surface area contributed by atoms with Gasteiger partial charge in [0.1, 0.15) is 6.54 Å². The number of hydrogen-bond donors (Lipinski definition) is 2. The molecule has 1 aromatic heterocycles. The van der Waals surface area contributed by atoms with E-state index in [1.807, 2.05) is 27.7 Å². The van der Waals surface area contributed by atoms with Crippen LogP contribution in [0, 0.1) is 0 Å². The topological polar surface area (TPSA) is 75.3 Å². The normalized spacial score (nSPS) is 12.9. The summed E-state index contributed by atoms with van der Waals surface area (Å²) >= 11 is 0. The van der Waals surface area contributed by atoms with Crippen molar-refractivity contribution in [1.82, 2.24) is 20.8 Å². The largest absolute Gasteiger partial charge is 0.357 e. The Morgan fingerprint density at radius 2 is 2.05 bits per heavy atom. The predicted molar refractivity (Wildman–Crippen MR) is 76.1 cm³/mol. The van der Waals surface area contributed by atoms with Gasteiger partial charge >= 0.3 is 0 Å². The molecule has 19 heavy (non-hydrogen) atoms. The van der Waals surface area contributed by atoms with Gasteiger partial charge in [0.2, 0.25) is 5.89 Å². The summed E-state index contributed by atoms with van der Waals surface area (Å²) in [4.78, 5) is 8.78. The Morgan fingerprint density at radius 1 is 1.37 bits per heavy atom. The number of aliphatic imine (C=N–C) groups is 1. The van der Waals surface area contributed by atoms with E-state index >= 15 is 0 Å². The van der Waals surface area contributed by atoms with Crippen LogP contribution in [0.4, 0.5) is 0 Å². The monoisotopic (exact) mass is 267 g/mol. The highest BCUT2D eigenvalue weighted by molar-refractivity contribution is 5.79. The molecule has 6 nitrogen and oxygen atoms in total. The molecule has 108 valence electrons. The van der Waals surface area contributed by atoms with Crippen molar-refractivity contribution >= 4 is 5.96 Å². The van der Waals surface area contributed by atoms with Crippen molar-refractivity contribution in [2.45, 2.75) is 59.5 Å². The molecular weight excluding hydrogens is 242 g/mol. The molecule has 0 aliphatic rings. The molecule has 0 amide bonds. The third-order valence-corrected chi connectivity index (χ3v) is 2.26. The molecule has 0 saturated heterocycles. The van der Waals surface area contributed by atoms with E-state index in [2.05, 4.69) is 39.6 Å². The lowest BCUT2D eigenvalue weighted by Gasteiger charge is -2.13. The van der Waals surface area contributed by atoms with Crippen LogP contribution in [-0.4, -0.2) is 28.7 Å². The third kappa shape index (κ3) is 5.28. The van der Waals surface area contributed by atoms with Gasteiger partial charge in [0.05, 0.1) is 0 Å². The van der Waals surface area contributed by atoms with Gasteiger partial charge in [-0.3, -0.25) is 0 Å². The Balaban J connectivity index is 2.69.